The van der Waals surface area contributed by atoms with Crippen molar-refractivity contribution in [2.75, 3.05) is 19.7 Å². The van der Waals surface area contributed by atoms with Gasteiger partial charge in [0, 0.05) is 36.8 Å². The Morgan fingerprint density at radius 2 is 1.88 bits per heavy atom. The summed E-state index contributed by atoms with van der Waals surface area (Å²) in [6.45, 7) is 6.16. The van der Waals surface area contributed by atoms with Gasteiger partial charge < -0.3 is 16.2 Å². The Bertz CT molecular complexity index is 710. The summed E-state index contributed by atoms with van der Waals surface area (Å²) in [4.78, 5) is 12.3. The molecule has 140 valence electrons. The summed E-state index contributed by atoms with van der Waals surface area (Å²) in [5.74, 6) is -0.292. The first-order chi connectivity index (χ1) is 11.5. The molecular formula is C17H27N3O4S. The van der Waals surface area contributed by atoms with E-state index in [1.165, 1.54) is 28.6 Å². The van der Waals surface area contributed by atoms with Gasteiger partial charge in [-0.3, -0.25) is 4.79 Å². The van der Waals surface area contributed by atoms with Crippen molar-refractivity contribution in [3.8, 4) is 0 Å². The number of benzene rings is 1. The van der Waals surface area contributed by atoms with Crippen LogP contribution in [0.25, 0.3) is 0 Å². The van der Waals surface area contributed by atoms with E-state index in [1.807, 2.05) is 20.8 Å². The zero-order valence-corrected chi connectivity index (χ0v) is 15.7. The van der Waals surface area contributed by atoms with E-state index < -0.39 is 10.0 Å². The topological polar surface area (TPSA) is 113 Å². The lowest BCUT2D eigenvalue weighted by Gasteiger charge is -2.20. The van der Waals surface area contributed by atoms with E-state index in [4.69, 9.17) is 10.8 Å². The Hall–Kier alpha value is -1.48. The van der Waals surface area contributed by atoms with E-state index in [1.54, 1.807) is 0 Å². The van der Waals surface area contributed by atoms with E-state index in [2.05, 4.69) is 5.32 Å². The Kier molecular flexibility index (Phi) is 5.88. The lowest BCUT2D eigenvalue weighted by atomic mass is 10.0. The molecule has 1 aliphatic heterocycles. The number of sulfonamides is 1. The van der Waals surface area contributed by atoms with Crippen LogP contribution in [0.5, 0.6) is 0 Å². The quantitative estimate of drug-likeness (QED) is 0.701. The molecule has 0 saturated carbocycles. The van der Waals surface area contributed by atoms with Crippen LogP contribution in [-0.4, -0.2) is 55.0 Å². The molecule has 1 aliphatic rings. The molecule has 8 heteroatoms. The SMILES string of the molecule is CC(C)(C)NC(=O)c1ccc(S(=O)(=O)N2C[C@H](CCO)[C@@H](N)C2)cc1. The van der Waals surface area contributed by atoms with Gasteiger partial charge in [-0.2, -0.15) is 4.31 Å². The third kappa shape index (κ3) is 4.78. The molecule has 25 heavy (non-hydrogen) atoms. The van der Waals surface area contributed by atoms with Gasteiger partial charge in [0.1, 0.15) is 0 Å². The number of hydrogen-bond acceptors (Lipinski definition) is 5. The maximum atomic E-state index is 12.7. The average molecular weight is 369 g/mol. The van der Waals surface area contributed by atoms with E-state index >= 15 is 0 Å². The average Bonchev–Trinajstić information content (AvgIpc) is 2.88. The van der Waals surface area contributed by atoms with Gasteiger partial charge in [-0.15, -0.1) is 0 Å². The molecule has 1 heterocycles. The minimum atomic E-state index is -3.66. The maximum Gasteiger partial charge on any atom is 0.251 e. The van der Waals surface area contributed by atoms with Crippen molar-refractivity contribution in [1.29, 1.82) is 0 Å². The molecule has 4 N–H and O–H groups in total. The Balaban J connectivity index is 2.14. The zero-order valence-electron chi connectivity index (χ0n) is 14.9. The summed E-state index contributed by atoms with van der Waals surface area (Å²) < 4.78 is 26.8. The minimum absolute atomic E-state index is 0.0101. The highest BCUT2D eigenvalue weighted by Crippen LogP contribution is 2.25. The highest BCUT2D eigenvalue weighted by Gasteiger charge is 2.37. The van der Waals surface area contributed by atoms with Gasteiger partial charge in [0.15, 0.2) is 0 Å². The number of amides is 1. The van der Waals surface area contributed by atoms with Crippen LogP contribution in [0.2, 0.25) is 0 Å². The number of carbonyl (C=O) groups excluding carboxylic acids is 1. The Morgan fingerprint density at radius 3 is 2.40 bits per heavy atom. The molecule has 1 fully saturated rings. The molecule has 1 saturated heterocycles. The lowest BCUT2D eigenvalue weighted by molar-refractivity contribution is 0.0919. The molecule has 0 spiro atoms. The third-order valence-corrected chi connectivity index (χ3v) is 6.05. The highest BCUT2D eigenvalue weighted by molar-refractivity contribution is 7.89. The van der Waals surface area contributed by atoms with Crippen LogP contribution in [0, 0.1) is 5.92 Å². The fraction of sp³-hybridized carbons (Fsp3) is 0.588. The summed E-state index contributed by atoms with van der Waals surface area (Å²) >= 11 is 0. The van der Waals surface area contributed by atoms with Gasteiger partial charge in [-0.05, 0) is 57.4 Å². The summed E-state index contributed by atoms with van der Waals surface area (Å²) in [5, 5.41) is 11.9. The Labute approximate surface area is 149 Å². The Morgan fingerprint density at radius 1 is 1.28 bits per heavy atom. The molecule has 7 nitrogen and oxygen atoms in total. The standard InChI is InChI=1S/C17H27N3O4S/c1-17(2,3)19-16(22)12-4-6-14(7-5-12)25(23,24)20-10-13(8-9-21)15(18)11-20/h4-7,13,15,21H,8-11,18H2,1-3H3,(H,19,22)/t13-,15-/m0/s1. The first-order valence-electron chi connectivity index (χ1n) is 8.34. The van der Waals surface area contributed by atoms with E-state index in [-0.39, 0.29) is 41.5 Å². The second kappa shape index (κ2) is 7.41. The van der Waals surface area contributed by atoms with Crippen molar-refractivity contribution in [3.63, 3.8) is 0 Å². The number of hydrogen-bond donors (Lipinski definition) is 3. The van der Waals surface area contributed by atoms with Gasteiger partial charge >= 0.3 is 0 Å². The summed E-state index contributed by atoms with van der Waals surface area (Å²) in [6, 6.07) is 5.62. The number of nitrogens with zero attached hydrogens (tertiary/aromatic N) is 1. The lowest BCUT2D eigenvalue weighted by Crippen LogP contribution is -2.40. The van der Waals surface area contributed by atoms with Gasteiger partial charge in [0.05, 0.1) is 4.90 Å². The smallest absolute Gasteiger partial charge is 0.251 e. The van der Waals surface area contributed by atoms with Gasteiger partial charge in [0.2, 0.25) is 10.0 Å². The molecule has 0 unspecified atom stereocenters. The predicted molar refractivity (Wildman–Crippen MR) is 95.6 cm³/mol. The first kappa shape index (κ1) is 19.8. The fourth-order valence-electron chi connectivity index (χ4n) is 2.86. The monoisotopic (exact) mass is 369 g/mol. The van der Waals surface area contributed by atoms with Crippen LogP contribution in [0.3, 0.4) is 0 Å². The zero-order chi connectivity index (χ0) is 18.8. The van der Waals surface area contributed by atoms with Crippen LogP contribution in [0.1, 0.15) is 37.6 Å². The van der Waals surface area contributed by atoms with E-state index in [0.717, 1.165) is 0 Å². The largest absolute Gasteiger partial charge is 0.396 e. The van der Waals surface area contributed by atoms with Crippen molar-refractivity contribution < 1.29 is 18.3 Å². The molecule has 1 amide bonds. The van der Waals surface area contributed by atoms with Crippen LogP contribution in [0.4, 0.5) is 0 Å². The third-order valence-electron chi connectivity index (χ3n) is 4.20. The highest BCUT2D eigenvalue weighted by atomic mass is 32.2. The van der Waals surface area contributed by atoms with Crippen LogP contribution in [-0.2, 0) is 10.0 Å². The molecule has 0 aromatic heterocycles. The van der Waals surface area contributed by atoms with E-state index in [0.29, 0.717) is 18.5 Å². The molecule has 0 aliphatic carbocycles. The van der Waals surface area contributed by atoms with Crippen molar-refractivity contribution in [3.05, 3.63) is 29.8 Å². The molecule has 1 aromatic rings. The summed E-state index contributed by atoms with van der Waals surface area (Å²) in [6.07, 6.45) is 0.485. The number of nitrogens with one attached hydrogen (secondary N) is 1. The number of aliphatic hydroxyl groups is 1. The number of nitrogens with two attached hydrogens (primary N) is 1. The van der Waals surface area contributed by atoms with Crippen LogP contribution < -0.4 is 11.1 Å². The van der Waals surface area contributed by atoms with E-state index in [9.17, 15) is 13.2 Å². The van der Waals surface area contributed by atoms with Crippen LogP contribution >= 0.6 is 0 Å². The molecule has 0 bridgehead atoms. The number of carbonyl (C=O) groups is 1. The summed E-state index contributed by atoms with van der Waals surface area (Å²) in [5.41, 5.74) is 6.02. The number of aliphatic hydroxyl groups excluding tert-OH is 1. The van der Waals surface area contributed by atoms with Crippen molar-refractivity contribution in [2.24, 2.45) is 11.7 Å². The minimum Gasteiger partial charge on any atom is -0.396 e. The van der Waals surface area contributed by atoms with Crippen molar-refractivity contribution in [1.82, 2.24) is 9.62 Å². The molecule has 1 aromatic carbocycles. The second-order valence-corrected chi connectivity index (χ2v) is 9.42. The fourth-order valence-corrected chi connectivity index (χ4v) is 4.40. The van der Waals surface area contributed by atoms with Crippen molar-refractivity contribution >= 4 is 15.9 Å². The second-order valence-electron chi connectivity index (χ2n) is 7.49. The molecule has 2 atom stereocenters. The molecule has 0 radical (unpaired) electrons. The molecule has 2 rings (SSSR count). The normalized spacial score (nSPS) is 22.1. The number of rotatable bonds is 5. The van der Waals surface area contributed by atoms with Gasteiger partial charge in [0.25, 0.3) is 5.91 Å². The first-order valence-corrected chi connectivity index (χ1v) is 9.78. The van der Waals surface area contributed by atoms with Crippen molar-refractivity contribution in [2.45, 2.75) is 43.7 Å². The van der Waals surface area contributed by atoms with Gasteiger partial charge in [-0.1, -0.05) is 0 Å². The molecular weight excluding hydrogens is 342 g/mol. The van der Waals surface area contributed by atoms with Gasteiger partial charge in [-0.25, -0.2) is 8.42 Å². The predicted octanol–water partition coefficient (Wildman–Crippen LogP) is 0.545. The summed E-state index contributed by atoms with van der Waals surface area (Å²) in [7, 11) is -3.66. The maximum absolute atomic E-state index is 12.7. The van der Waals surface area contributed by atoms with Crippen LogP contribution in [0.15, 0.2) is 29.2 Å².